The molecule has 2 unspecified atom stereocenters. The Morgan fingerprint density at radius 3 is 2.63 bits per heavy atom. The largest absolute Gasteiger partial charge is 0.370 e. The number of anilines is 1. The highest BCUT2D eigenvalue weighted by molar-refractivity contribution is 7.78. The Hall–Kier alpha value is -1.20. The van der Waals surface area contributed by atoms with E-state index in [2.05, 4.69) is 4.90 Å². The van der Waals surface area contributed by atoms with Crippen molar-refractivity contribution in [1.29, 1.82) is 0 Å². The zero-order valence-corrected chi connectivity index (χ0v) is 11.9. The van der Waals surface area contributed by atoms with Crippen LogP contribution in [-0.2, 0) is 21.6 Å². The first-order valence-electron chi connectivity index (χ1n) is 6.54. The molecule has 0 amide bonds. The van der Waals surface area contributed by atoms with Crippen molar-refractivity contribution in [3.05, 3.63) is 29.8 Å². The van der Waals surface area contributed by atoms with Crippen molar-refractivity contribution in [3.8, 4) is 0 Å². The lowest BCUT2D eigenvalue weighted by atomic mass is 9.94. The summed E-state index contributed by atoms with van der Waals surface area (Å²) in [7, 11) is 0. The Morgan fingerprint density at radius 2 is 2.05 bits per heavy atom. The van der Waals surface area contributed by atoms with Gasteiger partial charge in [0.25, 0.3) is 0 Å². The van der Waals surface area contributed by atoms with Gasteiger partial charge in [-0.2, -0.15) is 0 Å². The molecule has 0 saturated carbocycles. The molecule has 5 heteroatoms. The van der Waals surface area contributed by atoms with E-state index in [1.807, 2.05) is 31.2 Å². The van der Waals surface area contributed by atoms with Crippen LogP contribution in [0.1, 0.15) is 25.3 Å². The lowest BCUT2D eigenvalue weighted by molar-refractivity contribution is -0.123. The second-order valence-electron chi connectivity index (χ2n) is 4.90. The van der Waals surface area contributed by atoms with Gasteiger partial charge in [0, 0.05) is 31.1 Å². The van der Waals surface area contributed by atoms with Gasteiger partial charge in [0.1, 0.15) is 5.78 Å². The van der Waals surface area contributed by atoms with Gasteiger partial charge in [-0.25, -0.2) is 4.21 Å². The number of rotatable bonds is 4. The van der Waals surface area contributed by atoms with Gasteiger partial charge in [-0.3, -0.25) is 4.79 Å². The highest BCUT2D eigenvalue weighted by atomic mass is 32.2. The molecular weight excluding hydrogens is 262 g/mol. The predicted octanol–water partition coefficient (Wildman–Crippen LogP) is 2.21. The number of carbonyl (C=O) groups excluding carboxylic acids is 1. The molecule has 4 nitrogen and oxygen atoms in total. The summed E-state index contributed by atoms with van der Waals surface area (Å²) in [5, 5.41) is 0. The van der Waals surface area contributed by atoms with Gasteiger partial charge in [-0.1, -0.05) is 19.1 Å². The summed E-state index contributed by atoms with van der Waals surface area (Å²) >= 11 is -1.80. The first-order valence-corrected chi connectivity index (χ1v) is 7.81. The summed E-state index contributed by atoms with van der Waals surface area (Å²) < 4.78 is 19.6. The Morgan fingerprint density at radius 1 is 1.37 bits per heavy atom. The molecule has 1 fully saturated rings. The third-order valence-electron chi connectivity index (χ3n) is 3.61. The molecule has 0 aromatic heterocycles. The van der Waals surface area contributed by atoms with E-state index in [0.717, 1.165) is 30.8 Å². The van der Waals surface area contributed by atoms with Gasteiger partial charge >= 0.3 is 0 Å². The van der Waals surface area contributed by atoms with Gasteiger partial charge in [0.15, 0.2) is 11.1 Å². The topological polar surface area (TPSA) is 57.6 Å². The molecule has 19 heavy (non-hydrogen) atoms. The summed E-state index contributed by atoms with van der Waals surface area (Å²) in [6, 6.07) is 7.68. The van der Waals surface area contributed by atoms with Crippen molar-refractivity contribution in [2.45, 2.75) is 25.5 Å². The Bertz CT molecular complexity index is 472. The molecule has 2 rings (SSSR count). The van der Waals surface area contributed by atoms with Crippen LogP contribution in [0.3, 0.4) is 0 Å². The third-order valence-corrected chi connectivity index (χ3v) is 4.19. The van der Waals surface area contributed by atoms with E-state index in [0.29, 0.717) is 12.2 Å². The van der Waals surface area contributed by atoms with Crippen LogP contribution in [0.15, 0.2) is 24.3 Å². The zero-order chi connectivity index (χ0) is 13.8. The highest BCUT2D eigenvalue weighted by Gasteiger charge is 2.25. The summed E-state index contributed by atoms with van der Waals surface area (Å²) in [5.41, 5.74) is 1.93. The Kier molecular flexibility index (Phi) is 4.71. The van der Waals surface area contributed by atoms with Gasteiger partial charge in [-0.15, -0.1) is 0 Å². The zero-order valence-electron chi connectivity index (χ0n) is 11.0. The summed E-state index contributed by atoms with van der Waals surface area (Å²) in [4.78, 5) is 13.9. The highest BCUT2D eigenvalue weighted by Crippen LogP contribution is 2.23. The van der Waals surface area contributed by atoms with E-state index in [1.54, 1.807) is 0 Å². The molecule has 1 saturated heterocycles. The van der Waals surface area contributed by atoms with Crippen molar-refractivity contribution in [3.63, 3.8) is 0 Å². The fourth-order valence-corrected chi connectivity index (χ4v) is 2.92. The molecule has 0 aliphatic carbocycles. The fourth-order valence-electron chi connectivity index (χ4n) is 2.45. The molecule has 1 aliphatic rings. The minimum atomic E-state index is -1.80. The number of ketones is 1. The molecule has 1 heterocycles. The number of piperidine rings is 1. The van der Waals surface area contributed by atoms with E-state index in [-0.39, 0.29) is 11.7 Å². The number of carbonyl (C=O) groups is 1. The standard InChI is InChI=1S/C14H19NO3S/c1-2-12-9-15(8-7-14(12)16)13-5-3-11(4-6-13)10-19(17)18/h3-6,12H,2,7-10H2,1H3,(H,17,18). The fraction of sp³-hybridized carbons (Fsp3) is 0.500. The minimum absolute atomic E-state index is 0.137. The second kappa shape index (κ2) is 6.30. The van der Waals surface area contributed by atoms with Crippen LogP contribution in [0.2, 0.25) is 0 Å². The molecule has 1 aromatic rings. The van der Waals surface area contributed by atoms with Gasteiger partial charge in [-0.05, 0) is 24.1 Å². The number of hydrogen-bond donors (Lipinski definition) is 1. The average molecular weight is 281 g/mol. The van der Waals surface area contributed by atoms with Crippen molar-refractivity contribution in [1.82, 2.24) is 0 Å². The quantitative estimate of drug-likeness (QED) is 0.860. The molecule has 1 N–H and O–H groups in total. The van der Waals surface area contributed by atoms with Crippen molar-refractivity contribution in [2.24, 2.45) is 5.92 Å². The van der Waals surface area contributed by atoms with Crippen LogP contribution in [0.5, 0.6) is 0 Å². The number of benzene rings is 1. The summed E-state index contributed by atoms with van der Waals surface area (Å²) in [6.07, 6.45) is 1.50. The maximum absolute atomic E-state index is 11.7. The third kappa shape index (κ3) is 3.64. The summed E-state index contributed by atoms with van der Waals surface area (Å²) in [6.45, 7) is 3.59. The first-order chi connectivity index (χ1) is 9.10. The van der Waals surface area contributed by atoms with E-state index >= 15 is 0 Å². The van der Waals surface area contributed by atoms with Crippen molar-refractivity contribution < 1.29 is 13.6 Å². The van der Waals surface area contributed by atoms with E-state index in [9.17, 15) is 9.00 Å². The average Bonchev–Trinajstić information content (AvgIpc) is 2.40. The van der Waals surface area contributed by atoms with E-state index in [1.165, 1.54) is 0 Å². The van der Waals surface area contributed by atoms with Gasteiger partial charge in [0.05, 0.1) is 5.75 Å². The molecule has 104 valence electrons. The van der Waals surface area contributed by atoms with Crippen LogP contribution in [0.25, 0.3) is 0 Å². The molecule has 0 spiro atoms. The number of hydrogen-bond acceptors (Lipinski definition) is 3. The molecule has 2 atom stereocenters. The monoisotopic (exact) mass is 281 g/mol. The van der Waals surface area contributed by atoms with Gasteiger partial charge in [0.2, 0.25) is 0 Å². The molecule has 0 bridgehead atoms. The SMILES string of the molecule is CCC1CN(c2ccc(CS(=O)O)cc2)CCC1=O. The van der Waals surface area contributed by atoms with Gasteiger partial charge < -0.3 is 9.45 Å². The summed E-state index contributed by atoms with van der Waals surface area (Å²) in [5.74, 6) is 0.667. The molecule has 1 aromatic carbocycles. The maximum Gasteiger partial charge on any atom is 0.157 e. The van der Waals surface area contributed by atoms with Crippen LogP contribution in [-0.4, -0.2) is 27.6 Å². The van der Waals surface area contributed by atoms with Crippen molar-refractivity contribution >= 4 is 22.6 Å². The Balaban J connectivity index is 2.05. The van der Waals surface area contributed by atoms with Crippen LogP contribution < -0.4 is 4.90 Å². The first kappa shape index (κ1) is 14.2. The molecule has 0 radical (unpaired) electrons. The maximum atomic E-state index is 11.7. The van der Waals surface area contributed by atoms with Crippen molar-refractivity contribution in [2.75, 3.05) is 18.0 Å². The number of Topliss-reactive ketones (excluding diaryl/α,β-unsaturated/α-hetero) is 1. The normalized spacial score (nSPS) is 21.5. The minimum Gasteiger partial charge on any atom is -0.370 e. The number of nitrogens with zero attached hydrogens (tertiary/aromatic N) is 1. The molecule has 1 aliphatic heterocycles. The van der Waals surface area contributed by atoms with E-state index < -0.39 is 11.1 Å². The van der Waals surface area contributed by atoms with E-state index in [4.69, 9.17) is 4.55 Å². The van der Waals surface area contributed by atoms with Crippen LogP contribution >= 0.6 is 0 Å². The predicted molar refractivity (Wildman–Crippen MR) is 76.5 cm³/mol. The molecular formula is C14H19NO3S. The smallest absolute Gasteiger partial charge is 0.157 e. The lowest BCUT2D eigenvalue weighted by Crippen LogP contribution is -2.40. The van der Waals surface area contributed by atoms with Crippen LogP contribution in [0.4, 0.5) is 5.69 Å². The Labute approximate surface area is 116 Å². The second-order valence-corrected chi connectivity index (χ2v) is 5.83. The van der Waals surface area contributed by atoms with Crippen LogP contribution in [0, 0.1) is 5.92 Å². The lowest BCUT2D eigenvalue weighted by Gasteiger charge is -2.33.